The minimum Gasteiger partial charge on any atom is -0.343 e. The third kappa shape index (κ3) is 2.28. The highest BCUT2D eigenvalue weighted by Crippen LogP contribution is 2.30. The van der Waals surface area contributed by atoms with Crippen LogP contribution in [0.15, 0.2) is 24.3 Å². The summed E-state index contributed by atoms with van der Waals surface area (Å²) in [5.74, 6) is 0.110. The molecule has 98 valence electrons. The number of hydrogen-bond donors (Lipinski definition) is 0. The highest BCUT2D eigenvalue weighted by Gasteiger charge is 2.20. The number of carbonyl (C=O) groups is 1. The Hall–Kier alpha value is -1.68. The van der Waals surface area contributed by atoms with Gasteiger partial charge in [0.2, 0.25) is 0 Å². The lowest BCUT2D eigenvalue weighted by Gasteiger charge is -2.28. The van der Waals surface area contributed by atoms with Crippen molar-refractivity contribution in [1.29, 1.82) is 0 Å². The van der Waals surface area contributed by atoms with Crippen LogP contribution in [0.1, 0.15) is 33.4 Å². The van der Waals surface area contributed by atoms with E-state index in [1.54, 1.807) is 6.92 Å². The summed E-state index contributed by atoms with van der Waals surface area (Å²) in [5.41, 5.74) is 3.65. The maximum atomic E-state index is 11.5. The number of fused-ring (bicyclic) bond motifs is 1. The van der Waals surface area contributed by atoms with E-state index in [0.717, 1.165) is 35.2 Å². The molecule has 0 N–H and O–H groups in total. The highest BCUT2D eigenvalue weighted by atomic mass is 32.1. The van der Waals surface area contributed by atoms with Gasteiger partial charge in [-0.15, -0.1) is 0 Å². The summed E-state index contributed by atoms with van der Waals surface area (Å²) >= 11 is 1.51. The number of nitrogens with zero attached hydrogens (tertiary/aromatic N) is 2. The smallest absolute Gasteiger partial charge is 0.186 e. The molecule has 0 amide bonds. The topological polar surface area (TPSA) is 33.2 Å². The van der Waals surface area contributed by atoms with E-state index in [1.165, 1.54) is 22.5 Å². The summed E-state index contributed by atoms with van der Waals surface area (Å²) in [5, 5.41) is 0.970. The molecule has 1 aromatic heterocycles. The normalized spacial score (nSPS) is 14.3. The van der Waals surface area contributed by atoms with Crippen LogP contribution in [-0.2, 0) is 13.0 Å². The Balaban J connectivity index is 1.89. The SMILES string of the molecule is CC(=O)c1sc(N2CCc3ccccc3C2)nc1C. The Morgan fingerprint density at radius 3 is 2.74 bits per heavy atom. The van der Waals surface area contributed by atoms with E-state index in [9.17, 15) is 4.79 Å². The van der Waals surface area contributed by atoms with Crippen LogP contribution in [0.3, 0.4) is 0 Å². The second-order valence-corrected chi connectivity index (χ2v) is 5.88. The van der Waals surface area contributed by atoms with Crippen LogP contribution in [0.2, 0.25) is 0 Å². The maximum absolute atomic E-state index is 11.5. The number of ketones is 1. The van der Waals surface area contributed by atoms with Crippen molar-refractivity contribution in [3.05, 3.63) is 46.0 Å². The molecule has 0 bridgehead atoms. The molecule has 0 saturated carbocycles. The summed E-state index contributed by atoms with van der Waals surface area (Å²) in [6.07, 6.45) is 1.05. The third-order valence-electron chi connectivity index (χ3n) is 3.51. The fraction of sp³-hybridized carbons (Fsp3) is 0.333. The van der Waals surface area contributed by atoms with Crippen molar-refractivity contribution in [3.8, 4) is 0 Å². The fourth-order valence-corrected chi connectivity index (χ4v) is 3.49. The highest BCUT2D eigenvalue weighted by molar-refractivity contribution is 7.17. The molecule has 1 aliphatic rings. The van der Waals surface area contributed by atoms with Crippen LogP contribution in [-0.4, -0.2) is 17.3 Å². The zero-order valence-electron chi connectivity index (χ0n) is 11.1. The first-order chi connectivity index (χ1) is 9.15. The van der Waals surface area contributed by atoms with Gasteiger partial charge in [-0.3, -0.25) is 4.79 Å². The van der Waals surface area contributed by atoms with Gasteiger partial charge in [0.15, 0.2) is 10.9 Å². The van der Waals surface area contributed by atoms with E-state index in [-0.39, 0.29) is 5.78 Å². The molecular weight excluding hydrogens is 256 g/mol. The van der Waals surface area contributed by atoms with Crippen LogP contribution < -0.4 is 4.90 Å². The van der Waals surface area contributed by atoms with Gasteiger partial charge in [0.1, 0.15) is 0 Å². The van der Waals surface area contributed by atoms with Gasteiger partial charge in [0.25, 0.3) is 0 Å². The van der Waals surface area contributed by atoms with Crippen molar-refractivity contribution in [1.82, 2.24) is 4.98 Å². The lowest BCUT2D eigenvalue weighted by molar-refractivity contribution is 0.102. The van der Waals surface area contributed by atoms with Crippen LogP contribution >= 0.6 is 11.3 Å². The summed E-state index contributed by atoms with van der Waals surface area (Å²) in [4.78, 5) is 19.1. The Kier molecular flexibility index (Phi) is 3.11. The summed E-state index contributed by atoms with van der Waals surface area (Å²) < 4.78 is 0. The standard InChI is InChI=1S/C15H16N2OS/c1-10-14(11(2)18)19-15(16-10)17-8-7-12-5-3-4-6-13(12)9-17/h3-6H,7-9H2,1-2H3. The molecule has 0 saturated heterocycles. The molecule has 1 aromatic carbocycles. The van der Waals surface area contributed by atoms with E-state index in [4.69, 9.17) is 0 Å². The average molecular weight is 272 g/mol. The maximum Gasteiger partial charge on any atom is 0.186 e. The summed E-state index contributed by atoms with van der Waals surface area (Å²) in [6.45, 7) is 5.38. The van der Waals surface area contributed by atoms with Crippen molar-refractivity contribution >= 4 is 22.3 Å². The molecule has 1 aliphatic heterocycles. The Morgan fingerprint density at radius 1 is 1.32 bits per heavy atom. The Labute approximate surface area is 116 Å². The number of benzene rings is 1. The molecule has 3 rings (SSSR count). The second kappa shape index (κ2) is 4.78. The number of carbonyl (C=O) groups excluding carboxylic acids is 1. The molecule has 0 radical (unpaired) electrons. The van der Waals surface area contributed by atoms with Crippen LogP contribution in [0, 0.1) is 6.92 Å². The average Bonchev–Trinajstić information content (AvgIpc) is 2.80. The van der Waals surface area contributed by atoms with Gasteiger partial charge >= 0.3 is 0 Å². The van der Waals surface area contributed by atoms with E-state index in [1.807, 2.05) is 6.92 Å². The van der Waals surface area contributed by atoms with Gasteiger partial charge in [0, 0.05) is 20.0 Å². The van der Waals surface area contributed by atoms with Gasteiger partial charge in [0.05, 0.1) is 10.6 Å². The van der Waals surface area contributed by atoms with Crippen molar-refractivity contribution in [3.63, 3.8) is 0 Å². The van der Waals surface area contributed by atoms with E-state index in [0.29, 0.717) is 0 Å². The molecule has 2 heterocycles. The third-order valence-corrected chi connectivity index (χ3v) is 4.83. The number of aryl methyl sites for hydroxylation is 1. The number of hydrogen-bond acceptors (Lipinski definition) is 4. The zero-order chi connectivity index (χ0) is 13.4. The van der Waals surface area contributed by atoms with E-state index in [2.05, 4.69) is 34.1 Å². The molecule has 0 unspecified atom stereocenters. The van der Waals surface area contributed by atoms with Crippen LogP contribution in [0.25, 0.3) is 0 Å². The van der Waals surface area contributed by atoms with E-state index >= 15 is 0 Å². The lowest BCUT2D eigenvalue weighted by Crippen LogP contribution is -2.30. The number of aromatic nitrogens is 1. The lowest BCUT2D eigenvalue weighted by atomic mass is 10.0. The number of thiazole rings is 1. The molecule has 0 atom stereocenters. The molecule has 4 heteroatoms. The summed E-state index contributed by atoms with van der Waals surface area (Å²) in [7, 11) is 0. The Bertz CT molecular complexity index is 633. The number of rotatable bonds is 2. The van der Waals surface area contributed by atoms with Gasteiger partial charge in [-0.2, -0.15) is 0 Å². The molecule has 2 aromatic rings. The van der Waals surface area contributed by atoms with Crippen LogP contribution in [0.5, 0.6) is 0 Å². The fourth-order valence-electron chi connectivity index (χ4n) is 2.50. The van der Waals surface area contributed by atoms with Crippen molar-refractivity contribution in [2.45, 2.75) is 26.8 Å². The minimum absolute atomic E-state index is 0.110. The zero-order valence-corrected chi connectivity index (χ0v) is 12.0. The van der Waals surface area contributed by atoms with Crippen molar-refractivity contribution in [2.75, 3.05) is 11.4 Å². The largest absolute Gasteiger partial charge is 0.343 e. The van der Waals surface area contributed by atoms with Crippen molar-refractivity contribution in [2.24, 2.45) is 0 Å². The molecule has 19 heavy (non-hydrogen) atoms. The van der Waals surface area contributed by atoms with Gasteiger partial charge in [-0.05, 0) is 24.5 Å². The quantitative estimate of drug-likeness (QED) is 0.787. The molecule has 0 aliphatic carbocycles. The molecule has 0 spiro atoms. The Morgan fingerprint density at radius 2 is 2.05 bits per heavy atom. The van der Waals surface area contributed by atoms with Gasteiger partial charge in [-0.25, -0.2) is 4.98 Å². The van der Waals surface area contributed by atoms with E-state index < -0.39 is 0 Å². The van der Waals surface area contributed by atoms with Gasteiger partial charge < -0.3 is 4.90 Å². The predicted molar refractivity (Wildman–Crippen MR) is 78.1 cm³/mol. The van der Waals surface area contributed by atoms with Crippen molar-refractivity contribution < 1.29 is 4.79 Å². The number of Topliss-reactive ketones (excluding diaryl/α,β-unsaturated/α-hetero) is 1. The monoisotopic (exact) mass is 272 g/mol. The van der Waals surface area contributed by atoms with Crippen LogP contribution in [0.4, 0.5) is 5.13 Å². The summed E-state index contributed by atoms with van der Waals surface area (Å²) in [6, 6.07) is 8.54. The molecule has 3 nitrogen and oxygen atoms in total. The molecule has 0 fully saturated rings. The number of anilines is 1. The van der Waals surface area contributed by atoms with Gasteiger partial charge in [-0.1, -0.05) is 35.6 Å². The first-order valence-corrected chi connectivity index (χ1v) is 7.27. The minimum atomic E-state index is 0.110. The first kappa shape index (κ1) is 12.4. The first-order valence-electron chi connectivity index (χ1n) is 6.45. The molecular formula is C15H16N2OS. The predicted octanol–water partition coefficient (Wildman–Crippen LogP) is 3.22. The second-order valence-electron chi connectivity index (χ2n) is 4.91.